The molecule has 39 heavy (non-hydrogen) atoms. The maximum atomic E-state index is 12.8. The Hall–Kier alpha value is -4.92. The lowest BCUT2D eigenvalue weighted by molar-refractivity contribution is -0.0253. The zero-order valence-corrected chi connectivity index (χ0v) is 21.6. The molecule has 0 radical (unpaired) electrons. The Balaban J connectivity index is 1.75. The van der Waals surface area contributed by atoms with Gasteiger partial charge in [-0.2, -0.15) is 0 Å². The average Bonchev–Trinajstić information content (AvgIpc) is 2.94. The van der Waals surface area contributed by atoms with Gasteiger partial charge >= 0.3 is 17.9 Å². The Kier molecular flexibility index (Phi) is 9.58. The van der Waals surface area contributed by atoms with Crippen LogP contribution < -0.4 is 0 Å². The van der Waals surface area contributed by atoms with Crippen molar-refractivity contribution >= 4 is 35.3 Å². The molecule has 0 aromatic heterocycles. The van der Waals surface area contributed by atoms with Gasteiger partial charge < -0.3 is 14.2 Å². The van der Waals surface area contributed by atoms with Gasteiger partial charge in [0, 0.05) is 16.7 Å². The second-order valence-electron chi connectivity index (χ2n) is 8.64. The molecule has 3 aromatic carbocycles. The van der Waals surface area contributed by atoms with Crippen LogP contribution in [-0.2, 0) is 14.2 Å². The van der Waals surface area contributed by atoms with Gasteiger partial charge in [-0.3, -0.25) is 14.4 Å². The third-order valence-corrected chi connectivity index (χ3v) is 5.59. The van der Waals surface area contributed by atoms with Crippen LogP contribution in [0.3, 0.4) is 0 Å². The van der Waals surface area contributed by atoms with Crippen molar-refractivity contribution in [2.75, 3.05) is 13.2 Å². The molecule has 0 aliphatic carbocycles. The van der Waals surface area contributed by atoms with Gasteiger partial charge in [-0.05, 0) is 57.2 Å². The average molecular weight is 531 g/mol. The number of hydrogen-bond acceptors (Lipinski definition) is 9. The Labute approximate surface area is 224 Å². The summed E-state index contributed by atoms with van der Waals surface area (Å²) in [5, 5.41) is 0. The van der Waals surface area contributed by atoms with Crippen LogP contribution in [0.1, 0.15) is 82.9 Å². The van der Waals surface area contributed by atoms with E-state index < -0.39 is 37.2 Å². The molecule has 0 heterocycles. The van der Waals surface area contributed by atoms with E-state index in [4.69, 9.17) is 14.2 Å². The predicted molar refractivity (Wildman–Crippen MR) is 139 cm³/mol. The van der Waals surface area contributed by atoms with Crippen molar-refractivity contribution < 1.29 is 43.0 Å². The van der Waals surface area contributed by atoms with Gasteiger partial charge in [0.1, 0.15) is 13.2 Å². The highest BCUT2D eigenvalue weighted by Crippen LogP contribution is 2.13. The lowest BCUT2D eigenvalue weighted by Gasteiger charge is -2.18. The first-order valence-corrected chi connectivity index (χ1v) is 11.9. The van der Waals surface area contributed by atoms with Gasteiger partial charge in [-0.1, -0.05) is 36.4 Å². The zero-order chi connectivity index (χ0) is 28.5. The number of carbonyl (C=O) groups is 6. The summed E-state index contributed by atoms with van der Waals surface area (Å²) in [6.07, 6.45) is -1.21. The van der Waals surface area contributed by atoms with E-state index >= 15 is 0 Å². The number of benzene rings is 3. The maximum absolute atomic E-state index is 12.8. The van der Waals surface area contributed by atoms with Gasteiger partial charge in [-0.15, -0.1) is 0 Å². The Morgan fingerprint density at radius 2 is 0.821 bits per heavy atom. The Bertz CT molecular complexity index is 1360. The summed E-state index contributed by atoms with van der Waals surface area (Å²) in [7, 11) is 0. The number of Topliss-reactive ketones (excluding diaryl/α,β-unsaturated/α-hetero) is 3. The summed E-state index contributed by atoms with van der Waals surface area (Å²) in [5.74, 6) is -3.09. The SMILES string of the molecule is CC(=O)c1cccc(C(=O)OCC(COC(=O)c2cccc(C(C)=O)c2)OC(=O)c2cccc(C(C)=O)c2)c1. The molecular weight excluding hydrogens is 504 g/mol. The zero-order valence-electron chi connectivity index (χ0n) is 21.6. The van der Waals surface area contributed by atoms with Crippen molar-refractivity contribution in [2.45, 2.75) is 26.9 Å². The highest BCUT2D eigenvalue weighted by atomic mass is 16.6. The number of rotatable bonds is 11. The van der Waals surface area contributed by atoms with E-state index in [9.17, 15) is 28.8 Å². The summed E-state index contributed by atoms with van der Waals surface area (Å²) >= 11 is 0. The van der Waals surface area contributed by atoms with E-state index in [0.29, 0.717) is 16.7 Å². The van der Waals surface area contributed by atoms with E-state index in [1.165, 1.54) is 75.4 Å². The minimum absolute atomic E-state index is 0.0775. The standard InChI is InChI=1S/C30H26O9/c1-18(31)21-7-4-10-24(13-21)28(34)37-16-27(39-30(36)26-12-6-9-23(15-26)20(3)33)17-38-29(35)25-11-5-8-22(14-25)19(2)32/h4-15,27H,16-17H2,1-3H3. The molecule has 200 valence electrons. The Morgan fingerprint density at radius 3 is 1.15 bits per heavy atom. The quantitative estimate of drug-likeness (QED) is 0.199. The van der Waals surface area contributed by atoms with E-state index in [-0.39, 0.29) is 34.0 Å². The van der Waals surface area contributed by atoms with Crippen LogP contribution in [0.25, 0.3) is 0 Å². The van der Waals surface area contributed by atoms with Crippen molar-refractivity contribution in [3.8, 4) is 0 Å². The van der Waals surface area contributed by atoms with Crippen LogP contribution in [0.5, 0.6) is 0 Å². The van der Waals surface area contributed by atoms with Gasteiger partial charge in [0.15, 0.2) is 23.5 Å². The Morgan fingerprint density at radius 1 is 0.513 bits per heavy atom. The predicted octanol–water partition coefficient (Wildman–Crippen LogP) is 4.53. The van der Waals surface area contributed by atoms with Crippen LogP contribution >= 0.6 is 0 Å². The smallest absolute Gasteiger partial charge is 0.338 e. The monoisotopic (exact) mass is 530 g/mol. The van der Waals surface area contributed by atoms with E-state index in [1.54, 1.807) is 18.2 Å². The fourth-order valence-electron chi connectivity index (χ4n) is 3.43. The summed E-state index contributed by atoms with van der Waals surface area (Å²) in [4.78, 5) is 73.0. The number of hydrogen-bond donors (Lipinski definition) is 0. The normalized spacial score (nSPS) is 10.5. The summed E-state index contributed by atoms with van der Waals surface area (Å²) in [5.41, 5.74) is 1.24. The van der Waals surface area contributed by atoms with Crippen molar-refractivity contribution in [3.63, 3.8) is 0 Å². The lowest BCUT2D eigenvalue weighted by Crippen LogP contribution is -2.31. The molecule has 9 nitrogen and oxygen atoms in total. The molecule has 0 fully saturated rings. The molecule has 3 aromatic rings. The molecule has 0 unspecified atom stereocenters. The molecule has 0 aliphatic heterocycles. The lowest BCUT2D eigenvalue weighted by atomic mass is 10.1. The van der Waals surface area contributed by atoms with Crippen LogP contribution in [0.4, 0.5) is 0 Å². The largest absolute Gasteiger partial charge is 0.458 e. The maximum Gasteiger partial charge on any atom is 0.338 e. The molecule has 0 bridgehead atoms. The molecule has 9 heteroatoms. The minimum atomic E-state index is -1.21. The van der Waals surface area contributed by atoms with Crippen molar-refractivity contribution in [2.24, 2.45) is 0 Å². The molecule has 0 spiro atoms. The fraction of sp³-hybridized carbons (Fsp3) is 0.200. The second-order valence-corrected chi connectivity index (χ2v) is 8.64. The summed E-state index contributed by atoms with van der Waals surface area (Å²) in [6.45, 7) is 3.14. The second kappa shape index (κ2) is 13.0. The molecule has 0 amide bonds. The van der Waals surface area contributed by atoms with Gasteiger partial charge in [0.25, 0.3) is 0 Å². The van der Waals surface area contributed by atoms with Crippen molar-refractivity contribution in [3.05, 3.63) is 106 Å². The molecule has 0 saturated heterocycles. The number of carbonyl (C=O) groups excluding carboxylic acids is 6. The van der Waals surface area contributed by atoms with Gasteiger partial charge in [0.05, 0.1) is 16.7 Å². The van der Waals surface area contributed by atoms with Gasteiger partial charge in [-0.25, -0.2) is 14.4 Å². The first-order chi connectivity index (χ1) is 18.5. The van der Waals surface area contributed by atoms with Gasteiger partial charge in [0.2, 0.25) is 0 Å². The molecule has 0 aliphatic rings. The number of esters is 3. The topological polar surface area (TPSA) is 130 Å². The van der Waals surface area contributed by atoms with Crippen LogP contribution in [0, 0.1) is 0 Å². The van der Waals surface area contributed by atoms with E-state index in [2.05, 4.69) is 0 Å². The van der Waals surface area contributed by atoms with Crippen molar-refractivity contribution in [1.82, 2.24) is 0 Å². The summed E-state index contributed by atoms with van der Waals surface area (Å²) < 4.78 is 16.0. The first kappa shape index (κ1) is 28.6. The number of ether oxygens (including phenoxy) is 3. The third-order valence-electron chi connectivity index (χ3n) is 5.59. The van der Waals surface area contributed by atoms with Crippen LogP contribution in [0.2, 0.25) is 0 Å². The summed E-state index contributed by atoms with van der Waals surface area (Å²) in [6, 6.07) is 17.7. The fourth-order valence-corrected chi connectivity index (χ4v) is 3.43. The highest BCUT2D eigenvalue weighted by Gasteiger charge is 2.22. The molecule has 0 saturated carbocycles. The van der Waals surface area contributed by atoms with Crippen LogP contribution in [0.15, 0.2) is 72.8 Å². The molecule has 0 atom stereocenters. The molecule has 3 rings (SSSR count). The number of ketones is 3. The minimum Gasteiger partial charge on any atom is -0.458 e. The molecular formula is C30H26O9. The van der Waals surface area contributed by atoms with Crippen LogP contribution in [-0.4, -0.2) is 54.6 Å². The van der Waals surface area contributed by atoms with E-state index in [1.807, 2.05) is 0 Å². The van der Waals surface area contributed by atoms with Crippen molar-refractivity contribution in [1.29, 1.82) is 0 Å². The third kappa shape index (κ3) is 8.03. The molecule has 0 N–H and O–H groups in total. The van der Waals surface area contributed by atoms with E-state index in [0.717, 1.165) is 0 Å². The highest BCUT2D eigenvalue weighted by molar-refractivity contribution is 5.99. The first-order valence-electron chi connectivity index (χ1n) is 11.9.